The number of hydrazone groups is 1. The molecule has 0 aliphatic carbocycles. The van der Waals surface area contributed by atoms with E-state index >= 15 is 0 Å². The van der Waals surface area contributed by atoms with Crippen molar-refractivity contribution >= 4 is 34.5 Å². The molecule has 1 unspecified atom stereocenters. The third-order valence-corrected chi connectivity index (χ3v) is 5.80. The summed E-state index contributed by atoms with van der Waals surface area (Å²) < 4.78 is 14.3. The summed E-state index contributed by atoms with van der Waals surface area (Å²) in [7, 11) is 0. The zero-order valence-corrected chi connectivity index (χ0v) is 18.7. The van der Waals surface area contributed by atoms with Crippen molar-refractivity contribution in [3.05, 3.63) is 88.7 Å². The van der Waals surface area contributed by atoms with Crippen LogP contribution >= 0.6 is 11.3 Å². The molecule has 0 radical (unpaired) electrons. The van der Waals surface area contributed by atoms with Gasteiger partial charge < -0.3 is 15.9 Å². The third-order valence-electron chi connectivity index (χ3n) is 5.03. The number of carbonyl (C=O) groups excluding carboxylic acids is 1. The van der Waals surface area contributed by atoms with Crippen molar-refractivity contribution in [1.29, 1.82) is 0 Å². The fraction of sp³-hybridized carbons (Fsp3) is 0.136. The van der Waals surface area contributed by atoms with Crippen LogP contribution in [0.15, 0.2) is 71.6 Å². The SMILES string of the molecule is C=C(/C=C\ON)C1CC(c2ncc(NC(=O)c3nccs3)c(N)n2)=NN1Cc1ccccc1F. The lowest BCUT2D eigenvalue weighted by Gasteiger charge is -2.24. The Morgan fingerprint density at radius 3 is 2.91 bits per heavy atom. The van der Waals surface area contributed by atoms with Crippen LogP contribution in [0.1, 0.15) is 27.6 Å². The predicted octanol–water partition coefficient (Wildman–Crippen LogP) is 2.85. The first-order chi connectivity index (χ1) is 16.5. The molecule has 0 saturated carbocycles. The number of nitrogen functional groups attached to an aromatic ring is 1. The van der Waals surface area contributed by atoms with E-state index in [1.54, 1.807) is 34.7 Å². The molecule has 4 rings (SSSR count). The normalized spacial score (nSPS) is 15.4. The van der Waals surface area contributed by atoms with Crippen LogP contribution in [0.4, 0.5) is 15.9 Å². The van der Waals surface area contributed by atoms with E-state index in [-0.39, 0.29) is 35.7 Å². The van der Waals surface area contributed by atoms with Gasteiger partial charge in [0.15, 0.2) is 16.6 Å². The Morgan fingerprint density at radius 2 is 2.21 bits per heavy atom. The lowest BCUT2D eigenvalue weighted by atomic mass is 10.0. The maximum Gasteiger partial charge on any atom is 0.284 e. The number of halogens is 1. The molecule has 34 heavy (non-hydrogen) atoms. The number of nitrogens with zero attached hydrogens (tertiary/aromatic N) is 5. The molecule has 0 fully saturated rings. The number of benzene rings is 1. The number of hydrogen-bond donors (Lipinski definition) is 3. The minimum atomic E-state index is -0.405. The predicted molar refractivity (Wildman–Crippen MR) is 127 cm³/mol. The number of aromatic nitrogens is 3. The molecule has 3 heterocycles. The molecule has 0 saturated heterocycles. The summed E-state index contributed by atoms with van der Waals surface area (Å²) >= 11 is 1.20. The average Bonchev–Trinajstić information content (AvgIpc) is 3.51. The maximum atomic E-state index is 14.3. The molecule has 0 spiro atoms. The van der Waals surface area contributed by atoms with Gasteiger partial charge in [0.1, 0.15) is 23.5 Å². The van der Waals surface area contributed by atoms with E-state index in [1.807, 2.05) is 0 Å². The maximum absolute atomic E-state index is 14.3. The Labute approximate surface area is 198 Å². The van der Waals surface area contributed by atoms with E-state index in [1.165, 1.54) is 36.1 Å². The molecule has 1 atom stereocenters. The van der Waals surface area contributed by atoms with Gasteiger partial charge in [0.25, 0.3) is 5.91 Å². The van der Waals surface area contributed by atoms with Gasteiger partial charge in [-0.3, -0.25) is 9.80 Å². The van der Waals surface area contributed by atoms with E-state index < -0.39 is 5.91 Å². The van der Waals surface area contributed by atoms with Crippen LogP contribution in [0.25, 0.3) is 0 Å². The number of nitrogens with one attached hydrogen (secondary N) is 1. The fourth-order valence-corrected chi connectivity index (χ4v) is 3.87. The highest BCUT2D eigenvalue weighted by Crippen LogP contribution is 2.28. The fourth-order valence-electron chi connectivity index (χ4n) is 3.34. The van der Waals surface area contributed by atoms with Crippen molar-refractivity contribution in [2.75, 3.05) is 11.1 Å². The van der Waals surface area contributed by atoms with Crippen LogP contribution < -0.4 is 16.9 Å². The Bertz CT molecular complexity index is 1260. The van der Waals surface area contributed by atoms with Gasteiger partial charge in [0.2, 0.25) is 0 Å². The van der Waals surface area contributed by atoms with Crippen molar-refractivity contribution in [3.8, 4) is 0 Å². The van der Waals surface area contributed by atoms with Gasteiger partial charge in [0.05, 0.1) is 18.8 Å². The van der Waals surface area contributed by atoms with Crippen LogP contribution in [0.2, 0.25) is 0 Å². The van der Waals surface area contributed by atoms with Gasteiger partial charge in [-0.05, 0) is 17.7 Å². The second-order valence-corrected chi connectivity index (χ2v) is 8.15. The van der Waals surface area contributed by atoms with Crippen molar-refractivity contribution in [2.45, 2.75) is 19.0 Å². The lowest BCUT2D eigenvalue weighted by Crippen LogP contribution is -2.27. The third kappa shape index (κ3) is 5.08. The van der Waals surface area contributed by atoms with E-state index in [9.17, 15) is 9.18 Å². The van der Waals surface area contributed by atoms with Crippen molar-refractivity contribution in [2.24, 2.45) is 11.0 Å². The summed E-state index contributed by atoms with van der Waals surface area (Å²) in [6.45, 7) is 4.26. The highest BCUT2D eigenvalue weighted by molar-refractivity contribution is 7.11. The summed E-state index contributed by atoms with van der Waals surface area (Å²) in [5.74, 6) is 4.71. The Kier molecular flexibility index (Phi) is 6.90. The molecule has 3 aromatic rings. The summed E-state index contributed by atoms with van der Waals surface area (Å²) in [5, 5.41) is 11.0. The molecule has 2 aromatic heterocycles. The van der Waals surface area contributed by atoms with E-state index in [2.05, 4.69) is 36.8 Å². The molecule has 174 valence electrons. The topological polar surface area (TPSA) is 145 Å². The van der Waals surface area contributed by atoms with Gasteiger partial charge in [-0.2, -0.15) is 11.0 Å². The van der Waals surface area contributed by atoms with Gasteiger partial charge in [0, 0.05) is 23.6 Å². The Balaban J connectivity index is 1.57. The van der Waals surface area contributed by atoms with Crippen molar-refractivity contribution < 1.29 is 14.0 Å². The van der Waals surface area contributed by atoms with Gasteiger partial charge in [-0.1, -0.05) is 24.8 Å². The summed E-state index contributed by atoms with van der Waals surface area (Å²) in [6, 6.07) is 6.16. The average molecular weight is 481 g/mol. The van der Waals surface area contributed by atoms with Gasteiger partial charge in [-0.15, -0.1) is 11.3 Å². The van der Waals surface area contributed by atoms with E-state index in [4.69, 9.17) is 11.6 Å². The van der Waals surface area contributed by atoms with Gasteiger partial charge >= 0.3 is 0 Å². The molecule has 5 N–H and O–H groups in total. The zero-order valence-electron chi connectivity index (χ0n) is 17.9. The number of thiazole rings is 1. The minimum Gasteiger partial charge on any atom is -0.419 e. The lowest BCUT2D eigenvalue weighted by molar-refractivity contribution is 0.102. The first kappa shape index (κ1) is 23.0. The summed E-state index contributed by atoms with van der Waals surface area (Å²) in [4.78, 5) is 29.4. The first-order valence-electron chi connectivity index (χ1n) is 10.1. The van der Waals surface area contributed by atoms with Crippen LogP contribution in [-0.4, -0.2) is 37.6 Å². The molecule has 10 nitrogen and oxygen atoms in total. The highest BCUT2D eigenvalue weighted by atomic mass is 32.1. The molecule has 1 amide bonds. The zero-order chi connectivity index (χ0) is 24.1. The molecular formula is C22H21FN8O2S. The Hall–Kier alpha value is -4.16. The molecule has 1 aliphatic heterocycles. The van der Waals surface area contributed by atoms with Crippen LogP contribution in [0.3, 0.4) is 0 Å². The van der Waals surface area contributed by atoms with Crippen LogP contribution in [0.5, 0.6) is 0 Å². The molecule has 12 heteroatoms. The first-order valence-corrected chi connectivity index (χ1v) is 11.0. The van der Waals surface area contributed by atoms with Crippen LogP contribution in [0, 0.1) is 5.82 Å². The highest BCUT2D eigenvalue weighted by Gasteiger charge is 2.31. The largest absolute Gasteiger partial charge is 0.419 e. The van der Waals surface area contributed by atoms with E-state index in [0.717, 1.165) is 0 Å². The quantitative estimate of drug-likeness (QED) is 0.254. The number of hydrogen-bond acceptors (Lipinski definition) is 10. The van der Waals surface area contributed by atoms with Crippen molar-refractivity contribution in [1.82, 2.24) is 20.0 Å². The minimum absolute atomic E-state index is 0.0805. The van der Waals surface area contributed by atoms with Crippen molar-refractivity contribution in [3.63, 3.8) is 0 Å². The smallest absolute Gasteiger partial charge is 0.284 e. The number of amides is 1. The number of nitrogens with two attached hydrogens (primary N) is 2. The van der Waals surface area contributed by atoms with E-state index in [0.29, 0.717) is 28.3 Å². The Morgan fingerprint density at radius 1 is 1.38 bits per heavy atom. The summed E-state index contributed by atoms with van der Waals surface area (Å²) in [5.41, 5.74) is 7.99. The number of rotatable bonds is 8. The monoisotopic (exact) mass is 480 g/mol. The number of anilines is 2. The molecule has 1 aliphatic rings. The second kappa shape index (κ2) is 10.2. The molecule has 1 aromatic carbocycles. The molecule has 0 bridgehead atoms. The van der Waals surface area contributed by atoms with Gasteiger partial charge in [-0.25, -0.2) is 19.3 Å². The number of carbonyl (C=O) groups is 1. The standard InChI is InChI=1S/C22H21FN8O2S/c1-13(6-8-33-25)18-10-16(30-31(18)12-14-4-2-3-5-15(14)23)20-27-11-17(19(24)29-20)28-21(32)22-26-7-9-34-22/h2-9,11,18H,1,10,12,25H2,(H,28,32)(H2,24,27,29)/b8-6-. The van der Waals surface area contributed by atoms with Crippen LogP contribution in [-0.2, 0) is 11.4 Å². The summed E-state index contributed by atoms with van der Waals surface area (Å²) in [6.07, 6.45) is 6.26. The second-order valence-electron chi connectivity index (χ2n) is 7.25. The molecular weight excluding hydrogens is 459 g/mol.